The molecule has 0 bridgehead atoms. The van der Waals surface area contributed by atoms with Gasteiger partial charge in [0.25, 0.3) is 17.4 Å². The molecule has 0 saturated heterocycles. The van der Waals surface area contributed by atoms with E-state index < -0.39 is 117 Å². The number of aryl methyl sites for hydroxylation is 1. The Balaban J connectivity index is 0.00000151. The summed E-state index contributed by atoms with van der Waals surface area (Å²) in [5, 5.41) is 26.0. The minimum Gasteiger partial charge on any atom is -0.480 e. The number of amides is 8. The molecule has 0 saturated carbocycles. The Morgan fingerprint density at radius 1 is 0.883 bits per heavy atom. The van der Waals surface area contributed by atoms with Gasteiger partial charge < -0.3 is 61.2 Å². The van der Waals surface area contributed by atoms with Crippen molar-refractivity contribution in [3.8, 4) is 11.4 Å². The number of benzene rings is 2. The molecule has 2 aromatic heterocycles. The van der Waals surface area contributed by atoms with E-state index in [1.54, 1.807) is 54.9 Å². The number of aromatic nitrogens is 2. The average Bonchev–Trinajstić information content (AvgIpc) is 4.01. The summed E-state index contributed by atoms with van der Waals surface area (Å²) < 4.78 is 27.8. The first-order chi connectivity index (χ1) is 36.9. The van der Waals surface area contributed by atoms with Crippen LogP contribution in [0.5, 0.6) is 0 Å². The number of imide groups is 1. The number of carbonyl (C=O) groups is 10. The van der Waals surface area contributed by atoms with E-state index in [0.717, 1.165) is 24.0 Å². The molecule has 0 radical (unpaired) electrons. The molecule has 3 atom stereocenters. The summed E-state index contributed by atoms with van der Waals surface area (Å²) in [6.07, 6.45) is 4.11. The largest absolute Gasteiger partial charge is 0.480 e. The number of hydrogen-bond donors (Lipinski definition) is 8. The Morgan fingerprint density at radius 3 is 2.21 bits per heavy atom. The third-order valence-electron chi connectivity index (χ3n) is 12.8. The zero-order valence-electron chi connectivity index (χ0n) is 42.7. The van der Waals surface area contributed by atoms with Gasteiger partial charge in [-0.1, -0.05) is 37.3 Å². The lowest BCUT2D eigenvalue weighted by molar-refractivity contribution is -0.141. The number of nitrogens with zero attached hydrogens (tertiary/aromatic N) is 3. The number of ether oxygens (including phenoxy) is 2. The van der Waals surface area contributed by atoms with Crippen molar-refractivity contribution in [2.24, 2.45) is 0 Å². The highest BCUT2D eigenvalue weighted by Crippen LogP contribution is 2.45. The summed E-state index contributed by atoms with van der Waals surface area (Å²) in [6, 6.07) is 10.0. The second-order valence-electron chi connectivity index (χ2n) is 18.0. The second-order valence-corrected chi connectivity index (χ2v) is 18.0. The molecule has 0 spiro atoms. The molecule has 8 N–H and O–H groups in total. The summed E-state index contributed by atoms with van der Waals surface area (Å²) >= 11 is 0. The lowest BCUT2D eigenvalue weighted by Gasteiger charge is -2.29. The molecule has 77 heavy (non-hydrogen) atoms. The molecule has 25 heteroatoms. The van der Waals surface area contributed by atoms with Crippen LogP contribution in [-0.4, -0.2) is 145 Å². The summed E-state index contributed by atoms with van der Waals surface area (Å²) in [6.45, 7) is 0.521. The highest BCUT2D eigenvalue weighted by molar-refractivity contribution is 6.14. The topological polar surface area (TPSA) is 332 Å². The fourth-order valence-electron chi connectivity index (χ4n) is 9.04. The van der Waals surface area contributed by atoms with Crippen molar-refractivity contribution in [2.75, 3.05) is 60.2 Å². The van der Waals surface area contributed by atoms with Gasteiger partial charge in [0, 0.05) is 54.2 Å². The van der Waals surface area contributed by atoms with Crippen molar-refractivity contribution in [3.05, 3.63) is 110 Å². The predicted octanol–water partition coefficient (Wildman–Crippen LogP) is -0.803. The number of fused-ring (bicyclic) bond motifs is 4. The highest BCUT2D eigenvalue weighted by atomic mass is 19.1. The molecule has 2 aromatic carbocycles. The molecule has 4 aromatic rings. The van der Waals surface area contributed by atoms with Gasteiger partial charge in [0.2, 0.25) is 35.4 Å². The first-order valence-electron chi connectivity index (χ1n) is 24.4. The van der Waals surface area contributed by atoms with Crippen LogP contribution in [0.4, 0.5) is 4.39 Å². The Kier molecular flexibility index (Phi) is 20.1. The number of pyridine rings is 2. The Morgan fingerprint density at radius 2 is 1.56 bits per heavy atom. The molecule has 3 unspecified atom stereocenters. The van der Waals surface area contributed by atoms with Crippen molar-refractivity contribution < 1.29 is 66.9 Å². The fourth-order valence-corrected chi connectivity index (χ4v) is 9.04. The van der Waals surface area contributed by atoms with Crippen LogP contribution in [0.3, 0.4) is 0 Å². The Bertz CT molecular complexity index is 3050. The SMILES string of the molecule is CCC(C=O)c1cc2n(c(=O)c1COC)Cc1c-2nc2cc(F)c(C)c3c2c1C(NC(=O)COCNC(=O)CNC(=O)C(Cc1ccccc1)NC(=O)CNC(=O)CNC(=O)CN1C(=O)C=CC1=O)CC3.CNCC(=O)O. The van der Waals surface area contributed by atoms with Crippen LogP contribution in [0.25, 0.3) is 22.3 Å². The van der Waals surface area contributed by atoms with Crippen LogP contribution >= 0.6 is 0 Å². The zero-order valence-corrected chi connectivity index (χ0v) is 42.7. The molecule has 2 aliphatic heterocycles. The van der Waals surface area contributed by atoms with Crippen LogP contribution < -0.4 is 42.8 Å². The standard InChI is InChI=1S/C49H52FN9O12.C3H7NO2/c1-4-28(22-60)30-15-37-47-31(20-58(37)49(69)32(30)23-70-3)46-34(11-10-29-26(2)33(50)16-35(57-47)45(29)46)55-42(65)24-71-25-54-39(62)18-53-48(68)36(14-27-8-6-5-7-9-27)56-40(63)19-51-38(61)17-52-41(64)21-59-43(66)12-13-44(59)67;1-4-2-3(5)6/h5-9,12-13,15-16,22,28,34,36H,4,10-11,14,17-21,23-25H2,1-3H3,(H,51,61)(H,52,64)(H,53,68)(H,54,62)(H,55,65)(H,56,63);4H,2H2,1H3,(H,5,6). The van der Waals surface area contributed by atoms with Crippen molar-refractivity contribution >= 4 is 70.4 Å². The van der Waals surface area contributed by atoms with E-state index in [9.17, 15) is 52.7 Å². The van der Waals surface area contributed by atoms with Gasteiger partial charge in [-0.25, -0.2) is 9.37 Å². The summed E-state index contributed by atoms with van der Waals surface area (Å²) in [7, 11) is 3.06. The minimum atomic E-state index is -1.19. The van der Waals surface area contributed by atoms with E-state index in [4.69, 9.17) is 19.6 Å². The smallest absolute Gasteiger partial charge is 0.317 e. The van der Waals surface area contributed by atoms with Crippen molar-refractivity contribution in [3.63, 3.8) is 0 Å². The lowest BCUT2D eigenvalue weighted by atomic mass is 9.81. The molecule has 24 nitrogen and oxygen atoms in total. The van der Waals surface area contributed by atoms with E-state index >= 15 is 4.39 Å². The first kappa shape index (κ1) is 57.7. The second kappa shape index (κ2) is 26.8. The van der Waals surface area contributed by atoms with Gasteiger partial charge in [-0.2, -0.15) is 0 Å². The number of nitrogens with one attached hydrogen (secondary N) is 7. The predicted molar refractivity (Wildman–Crippen MR) is 272 cm³/mol. The minimum absolute atomic E-state index is 0.0107. The monoisotopic (exact) mass is 1070 g/mol. The Hall–Kier alpha value is -8.55. The summed E-state index contributed by atoms with van der Waals surface area (Å²) in [5.41, 5.74) is 5.10. The average molecular weight is 1070 g/mol. The first-order valence-corrected chi connectivity index (χ1v) is 24.4. The molecule has 4 heterocycles. The molecule has 8 amide bonds. The third kappa shape index (κ3) is 14.4. The number of aldehydes is 1. The quantitative estimate of drug-likeness (QED) is 0.0162. The van der Waals surface area contributed by atoms with Crippen LogP contribution in [-0.2, 0) is 83.4 Å². The molecule has 0 fully saturated rings. The number of aliphatic carboxylic acids is 1. The van der Waals surface area contributed by atoms with Gasteiger partial charge in [-0.05, 0) is 67.1 Å². The van der Waals surface area contributed by atoms with E-state index in [-0.39, 0.29) is 31.7 Å². The number of rotatable bonds is 24. The van der Waals surface area contributed by atoms with Gasteiger partial charge in [0.1, 0.15) is 38.0 Å². The fraction of sp³-hybridized carbons (Fsp3) is 0.385. The number of hydrogen-bond acceptors (Lipinski definition) is 15. The van der Waals surface area contributed by atoms with E-state index in [1.165, 1.54) is 13.2 Å². The summed E-state index contributed by atoms with van der Waals surface area (Å²) in [5.74, 6) is -7.41. The van der Waals surface area contributed by atoms with Crippen molar-refractivity contribution in [2.45, 2.75) is 70.7 Å². The third-order valence-corrected chi connectivity index (χ3v) is 12.8. The highest BCUT2D eigenvalue weighted by Gasteiger charge is 2.36. The van der Waals surface area contributed by atoms with E-state index in [1.807, 2.05) is 6.92 Å². The molecule has 7 rings (SSSR count). The lowest BCUT2D eigenvalue weighted by Crippen LogP contribution is -2.52. The van der Waals surface area contributed by atoms with E-state index in [0.29, 0.717) is 79.8 Å². The number of halogens is 1. The van der Waals surface area contributed by atoms with E-state index in [2.05, 4.69) is 37.2 Å². The number of carbonyl (C=O) groups excluding carboxylic acids is 9. The van der Waals surface area contributed by atoms with Crippen LogP contribution in [0.1, 0.15) is 70.7 Å². The maximum Gasteiger partial charge on any atom is 0.317 e. The molecule has 3 aliphatic rings. The molecule has 1 aliphatic carbocycles. The zero-order chi connectivity index (χ0) is 55.9. The van der Waals surface area contributed by atoms with Crippen LogP contribution in [0.2, 0.25) is 0 Å². The van der Waals surface area contributed by atoms with Gasteiger partial charge in [-0.15, -0.1) is 0 Å². The van der Waals surface area contributed by atoms with Gasteiger partial charge in [0.05, 0.1) is 62.3 Å². The molecular weight excluding hydrogens is 1010 g/mol. The van der Waals surface area contributed by atoms with Crippen molar-refractivity contribution in [1.82, 2.24) is 51.7 Å². The molecular formula is C52H59FN10O14. The van der Waals surface area contributed by atoms with Gasteiger partial charge >= 0.3 is 5.97 Å². The Labute approximate surface area is 439 Å². The van der Waals surface area contributed by atoms with Gasteiger partial charge in [-0.3, -0.25) is 52.8 Å². The normalized spacial score (nSPS) is 14.6. The number of methoxy groups -OCH3 is 1. The van der Waals surface area contributed by atoms with Crippen LogP contribution in [0.15, 0.2) is 59.4 Å². The number of carboxylic acid groups (broad SMARTS) is 1. The maximum absolute atomic E-state index is 15.4. The van der Waals surface area contributed by atoms with Gasteiger partial charge in [0.15, 0.2) is 0 Å². The van der Waals surface area contributed by atoms with Crippen LogP contribution in [0, 0.1) is 12.7 Å². The maximum atomic E-state index is 15.4. The summed E-state index contributed by atoms with van der Waals surface area (Å²) in [4.78, 5) is 141. The molecule has 408 valence electrons. The number of likely N-dealkylation sites (N-methyl/N-ethyl adjacent to an activating group) is 1. The number of carboxylic acids is 1. The van der Waals surface area contributed by atoms with Crippen molar-refractivity contribution in [1.29, 1.82) is 0 Å².